The first kappa shape index (κ1) is 82.5. The van der Waals surface area contributed by atoms with Gasteiger partial charge in [-0.15, -0.1) is 0 Å². The first-order chi connectivity index (χ1) is 45.3. The smallest absolute Gasteiger partial charge is 0.394 e. The van der Waals surface area contributed by atoms with E-state index in [2.05, 4.69) is 17.2 Å². The Labute approximate surface area is 552 Å². The standard InChI is InChI=1S/C51H94N2O40P2S/c1-16-24(58)40(89-48-37(71)29(63)25(59)17(10-54)82-48)19(12-56)84-46(16)88-42-22(14-78-51-45(33(67)26(60)18(11-55)83-51)92-49-38(72)30(64)27(61)21(86-49)15-81-94(74,75)80-8-6-52)87-50(39(73)36(42)70)90-41-20(13-57)85-47(23(53)28(41)62)91-43-34(68)31(65)32(66)35(69)44(43)93-95(76,77)79-7-4-2-3-5-9-96/h16-51,54-73,96H,2-15,52-53H2,1H3,(H,74,75)(H,76,77)/t16?,17?,18?,19?,20?,21?,22?,23?,24-,25-,26-,27-,28-,29+,30+,31?,32-,33+,34?,35?,36-,37?,38?,39?,40+,41-,42-,43-,44-,45?,46+,47-,48-,49-,50-,51+/m1/s1. The quantitative estimate of drug-likeness (QED) is 0.0169. The minimum absolute atomic E-state index is 0.220. The fraction of sp³-hybridized carbons (Fsp3) is 1.00. The molecule has 7 rings (SSSR count). The summed E-state index contributed by atoms with van der Waals surface area (Å²) in [7, 11) is -10.1. The highest BCUT2D eigenvalue weighted by molar-refractivity contribution is 7.80. The molecule has 6 heterocycles. The normalized spacial score (nSPS) is 47.9. The Morgan fingerprint density at radius 1 is 0.375 bits per heavy atom. The van der Waals surface area contributed by atoms with Gasteiger partial charge in [-0.1, -0.05) is 19.8 Å². The van der Waals surface area contributed by atoms with Crippen molar-refractivity contribution in [2.24, 2.45) is 17.4 Å². The minimum atomic E-state index is -5.18. The SMILES string of the molecule is CC1[C@H](O[C@@H]2C(CO[C@H]3OC(CO)[C@@H](O)[C@H](O)C3O[C@H]3OC(COP(=O)(O)OCCN)[C@@H](O)[C@H](O)C3O)O[C@H](O[C@@H]3C(CO)O[C@H](O[C@@H]4C(O)C(O)[C@@H](O)C(O)[C@H]4OP(=O)(O)OCCCCCCS)C(N)[C@H]3O)C(O)[C@H]2O)OC(CO)[C@H](O[C@H]2OC(CO)[C@@H](O)[C@H](O)C2O)[C@@H]1O. The number of aliphatic hydroxyl groups is 20. The molecule has 564 valence electrons. The van der Waals surface area contributed by atoms with Crippen molar-refractivity contribution in [3.8, 4) is 0 Å². The molecule has 17 unspecified atom stereocenters. The first-order valence-electron chi connectivity index (χ1n) is 30.8. The zero-order valence-corrected chi connectivity index (χ0v) is 54.1. The fourth-order valence-corrected chi connectivity index (χ4v) is 13.6. The molecule has 0 amide bonds. The van der Waals surface area contributed by atoms with E-state index < -0.39 is 283 Å². The van der Waals surface area contributed by atoms with Crippen molar-refractivity contribution in [3.05, 3.63) is 0 Å². The van der Waals surface area contributed by atoms with Crippen LogP contribution in [0, 0.1) is 5.92 Å². The topological polar surface area (TPSA) is 679 Å². The maximum Gasteiger partial charge on any atom is 0.472 e. The number of aliphatic hydroxyl groups excluding tert-OH is 20. The molecule has 0 aromatic rings. The molecule has 45 heteroatoms. The molecule has 26 N–H and O–H groups in total. The number of thiol groups is 1. The summed E-state index contributed by atoms with van der Waals surface area (Å²) in [4.78, 5) is 20.7. The van der Waals surface area contributed by atoms with Crippen molar-refractivity contribution in [1.29, 1.82) is 0 Å². The van der Waals surface area contributed by atoms with Crippen molar-refractivity contribution < 1.29 is 196 Å². The molecule has 6 aliphatic heterocycles. The van der Waals surface area contributed by atoms with Gasteiger partial charge in [0.1, 0.15) is 165 Å². The van der Waals surface area contributed by atoms with Gasteiger partial charge in [-0.25, -0.2) is 9.13 Å². The zero-order chi connectivity index (χ0) is 71.0. The number of unbranched alkanes of at least 4 members (excludes halogenated alkanes) is 3. The third kappa shape index (κ3) is 19.6. The van der Waals surface area contributed by atoms with Gasteiger partial charge in [0.05, 0.1) is 65.0 Å². The van der Waals surface area contributed by atoms with E-state index in [9.17, 15) is 121 Å². The van der Waals surface area contributed by atoms with Crippen LogP contribution >= 0.6 is 28.3 Å². The van der Waals surface area contributed by atoms with E-state index in [-0.39, 0.29) is 19.6 Å². The van der Waals surface area contributed by atoms with E-state index in [4.69, 9.17) is 81.9 Å². The highest BCUT2D eigenvalue weighted by Gasteiger charge is 2.59. The maximum atomic E-state index is 13.2. The van der Waals surface area contributed by atoms with Gasteiger partial charge in [0, 0.05) is 12.5 Å². The minimum Gasteiger partial charge on any atom is -0.394 e. The molecule has 0 radical (unpaired) electrons. The van der Waals surface area contributed by atoms with Crippen LogP contribution in [0.1, 0.15) is 32.6 Å². The molecule has 7 aliphatic rings. The number of rotatable bonds is 32. The molecule has 1 saturated carbocycles. The molecule has 96 heavy (non-hydrogen) atoms. The lowest BCUT2D eigenvalue weighted by atomic mass is 9.84. The molecule has 42 nitrogen and oxygen atoms in total. The van der Waals surface area contributed by atoms with Gasteiger partial charge in [-0.2, -0.15) is 12.6 Å². The molecule has 1 aliphatic carbocycles. The lowest BCUT2D eigenvalue weighted by Crippen LogP contribution is -2.69. The maximum absolute atomic E-state index is 13.2. The van der Waals surface area contributed by atoms with Crippen LogP contribution in [0.3, 0.4) is 0 Å². The Hall–Kier alpha value is -0.790. The number of phosphoric acid groups is 2. The van der Waals surface area contributed by atoms with Crippen molar-refractivity contribution in [1.82, 2.24) is 0 Å². The van der Waals surface area contributed by atoms with Crippen LogP contribution in [0.5, 0.6) is 0 Å². The van der Waals surface area contributed by atoms with Gasteiger partial charge in [-0.3, -0.25) is 18.1 Å². The predicted octanol–water partition coefficient (Wildman–Crippen LogP) is -12.9. The molecule has 38 atom stereocenters. The van der Waals surface area contributed by atoms with Crippen LogP contribution in [0.15, 0.2) is 0 Å². The van der Waals surface area contributed by atoms with Crippen LogP contribution in [-0.4, -0.2) is 392 Å². The second-order valence-corrected chi connectivity index (χ2v) is 27.3. The van der Waals surface area contributed by atoms with E-state index in [1.165, 1.54) is 6.92 Å². The van der Waals surface area contributed by atoms with Crippen LogP contribution in [0.25, 0.3) is 0 Å². The zero-order valence-electron chi connectivity index (χ0n) is 51.4. The van der Waals surface area contributed by atoms with Gasteiger partial charge < -0.3 is 180 Å². The molecule has 0 aromatic heterocycles. The Bertz CT molecular complexity index is 2420. The Morgan fingerprint density at radius 3 is 1.33 bits per heavy atom. The summed E-state index contributed by atoms with van der Waals surface area (Å²) < 4.78 is 116. The molecule has 6 saturated heterocycles. The van der Waals surface area contributed by atoms with Crippen LogP contribution in [0.4, 0.5) is 0 Å². The van der Waals surface area contributed by atoms with Crippen molar-refractivity contribution in [2.75, 3.05) is 65.2 Å². The molecular weight excluding hydrogens is 1370 g/mol. The largest absolute Gasteiger partial charge is 0.472 e. The molecular formula is C51H94N2O40P2S. The number of ether oxygens (including phenoxy) is 12. The first-order valence-corrected chi connectivity index (χ1v) is 34.4. The summed E-state index contributed by atoms with van der Waals surface area (Å²) >= 11 is 4.13. The van der Waals surface area contributed by atoms with E-state index in [1.54, 1.807) is 0 Å². The third-order valence-electron chi connectivity index (χ3n) is 17.3. The monoisotopic (exact) mass is 1470 g/mol. The van der Waals surface area contributed by atoms with Gasteiger partial charge >= 0.3 is 15.6 Å². The Kier molecular flexibility index (Phi) is 31.6. The van der Waals surface area contributed by atoms with Gasteiger partial charge in [-0.05, 0) is 18.6 Å². The second-order valence-electron chi connectivity index (χ2n) is 24.0. The summed E-state index contributed by atoms with van der Waals surface area (Å²) in [5.41, 5.74) is 11.7. The molecule has 0 spiro atoms. The van der Waals surface area contributed by atoms with Crippen molar-refractivity contribution >= 4 is 28.3 Å². The van der Waals surface area contributed by atoms with Crippen LogP contribution in [-0.2, 0) is 84.1 Å². The Morgan fingerprint density at radius 2 is 0.771 bits per heavy atom. The van der Waals surface area contributed by atoms with Crippen LogP contribution < -0.4 is 11.5 Å². The fourth-order valence-electron chi connectivity index (χ4n) is 11.6. The van der Waals surface area contributed by atoms with Crippen molar-refractivity contribution in [2.45, 2.75) is 247 Å². The highest BCUT2D eigenvalue weighted by atomic mass is 32.1. The summed E-state index contributed by atoms with van der Waals surface area (Å²) in [5, 5.41) is 219. The molecule has 0 bridgehead atoms. The summed E-state index contributed by atoms with van der Waals surface area (Å²) in [5.74, 6) is -0.764. The van der Waals surface area contributed by atoms with Gasteiger partial charge in [0.25, 0.3) is 0 Å². The highest BCUT2D eigenvalue weighted by Crippen LogP contribution is 2.49. The van der Waals surface area contributed by atoms with E-state index in [0.717, 1.165) is 6.42 Å². The van der Waals surface area contributed by atoms with Crippen molar-refractivity contribution in [3.63, 3.8) is 0 Å². The van der Waals surface area contributed by atoms with Gasteiger partial charge in [0.15, 0.2) is 37.7 Å². The predicted molar refractivity (Wildman–Crippen MR) is 308 cm³/mol. The number of nitrogens with two attached hydrogens (primary N) is 2. The lowest BCUT2D eigenvalue weighted by molar-refractivity contribution is -0.391. The van der Waals surface area contributed by atoms with E-state index in [0.29, 0.717) is 18.6 Å². The van der Waals surface area contributed by atoms with Gasteiger partial charge in [0.2, 0.25) is 0 Å². The average Bonchev–Trinajstić information content (AvgIpc) is 0.788. The van der Waals surface area contributed by atoms with E-state index >= 15 is 0 Å². The number of hydrogen-bond acceptors (Lipinski definition) is 41. The van der Waals surface area contributed by atoms with E-state index in [1.807, 2.05) is 0 Å². The third-order valence-corrected chi connectivity index (χ3v) is 19.6. The second kappa shape index (κ2) is 36.8. The number of hydrogen-bond donors (Lipinski definition) is 25. The molecule has 7 fully saturated rings. The summed E-state index contributed by atoms with van der Waals surface area (Å²) in [6.45, 7) is -5.91. The molecule has 0 aromatic carbocycles. The van der Waals surface area contributed by atoms with Crippen LogP contribution in [0.2, 0.25) is 0 Å². The average molecular weight is 1470 g/mol. The summed E-state index contributed by atoms with van der Waals surface area (Å²) in [6, 6.07) is -1.92. The lowest BCUT2D eigenvalue weighted by Gasteiger charge is -2.50. The Balaban J connectivity index is 1.14. The summed E-state index contributed by atoms with van der Waals surface area (Å²) in [6.07, 6.45) is -66.9. The number of phosphoric ester groups is 2.